The average Bonchev–Trinajstić information content (AvgIpc) is 3.04. The summed E-state index contributed by atoms with van der Waals surface area (Å²) in [7, 11) is 0. The zero-order chi connectivity index (χ0) is 19.1. The van der Waals surface area contributed by atoms with Crippen molar-refractivity contribution in [3.8, 4) is 0 Å². The molecule has 1 aromatic heterocycles. The van der Waals surface area contributed by atoms with Crippen molar-refractivity contribution in [2.75, 3.05) is 23.3 Å². The highest BCUT2D eigenvalue weighted by Crippen LogP contribution is 2.31. The number of rotatable bonds is 3. The number of nitrogens with one attached hydrogen (secondary N) is 1. The van der Waals surface area contributed by atoms with Gasteiger partial charge in [-0.3, -0.25) is 4.79 Å². The van der Waals surface area contributed by atoms with Crippen LogP contribution in [0, 0.1) is 19.7 Å². The number of carbonyl (C=O) groups excluding carboxylic acids is 1. The van der Waals surface area contributed by atoms with Crippen LogP contribution in [0.25, 0.3) is 11.0 Å². The molecule has 1 aliphatic rings. The highest BCUT2D eigenvalue weighted by Gasteiger charge is 2.20. The number of hydrogen-bond donors (Lipinski definition) is 1. The van der Waals surface area contributed by atoms with E-state index in [2.05, 4.69) is 27.1 Å². The summed E-state index contributed by atoms with van der Waals surface area (Å²) in [5, 5.41) is 2.89. The van der Waals surface area contributed by atoms with Gasteiger partial charge in [0, 0.05) is 30.5 Å². The predicted molar refractivity (Wildman–Crippen MR) is 105 cm³/mol. The lowest BCUT2D eigenvalue weighted by molar-refractivity contribution is 0.102. The van der Waals surface area contributed by atoms with Crippen LogP contribution >= 0.6 is 0 Å². The molecule has 0 unspecified atom stereocenters. The number of likely N-dealkylation sites (N-methyl/N-ethyl adjacent to an activating group) is 1. The van der Waals surface area contributed by atoms with Crippen LogP contribution in [0.15, 0.2) is 30.3 Å². The Hall–Kier alpha value is -3.02. The summed E-state index contributed by atoms with van der Waals surface area (Å²) >= 11 is 0. The Balaban J connectivity index is 1.71. The SMILES string of the molecule is CCN1CCc2ccc(NC(=O)c3cc(F)cc4nc(C)c(C)nc34)cc21. The summed E-state index contributed by atoms with van der Waals surface area (Å²) < 4.78 is 14.1. The molecule has 0 aliphatic carbocycles. The molecule has 0 saturated carbocycles. The van der Waals surface area contributed by atoms with Gasteiger partial charge in [-0.1, -0.05) is 6.07 Å². The quantitative estimate of drug-likeness (QED) is 0.763. The van der Waals surface area contributed by atoms with Gasteiger partial charge in [-0.25, -0.2) is 14.4 Å². The molecule has 0 atom stereocenters. The zero-order valence-corrected chi connectivity index (χ0v) is 15.6. The minimum absolute atomic E-state index is 0.188. The van der Waals surface area contributed by atoms with Gasteiger partial charge in [0.25, 0.3) is 5.91 Å². The van der Waals surface area contributed by atoms with E-state index in [1.165, 1.54) is 17.7 Å². The topological polar surface area (TPSA) is 58.1 Å². The number of nitrogens with zero attached hydrogens (tertiary/aromatic N) is 3. The normalized spacial score (nSPS) is 13.1. The summed E-state index contributed by atoms with van der Waals surface area (Å²) in [6.45, 7) is 7.67. The third-order valence-electron chi connectivity index (χ3n) is 5.11. The fourth-order valence-corrected chi connectivity index (χ4v) is 3.52. The van der Waals surface area contributed by atoms with Crippen molar-refractivity contribution in [1.29, 1.82) is 0 Å². The fraction of sp³-hybridized carbons (Fsp3) is 0.286. The van der Waals surface area contributed by atoms with Crippen LogP contribution in [-0.2, 0) is 6.42 Å². The smallest absolute Gasteiger partial charge is 0.258 e. The third-order valence-corrected chi connectivity index (χ3v) is 5.11. The maximum absolute atomic E-state index is 14.1. The van der Waals surface area contributed by atoms with Gasteiger partial charge in [-0.05, 0) is 51.0 Å². The van der Waals surface area contributed by atoms with E-state index in [0.717, 1.165) is 36.6 Å². The van der Waals surface area contributed by atoms with Gasteiger partial charge < -0.3 is 10.2 Å². The first-order valence-electron chi connectivity index (χ1n) is 9.10. The number of benzene rings is 2. The molecule has 0 bridgehead atoms. The number of amides is 1. The number of halogens is 1. The molecule has 2 aromatic carbocycles. The summed E-state index contributed by atoms with van der Waals surface area (Å²) in [6.07, 6.45) is 1.01. The van der Waals surface area contributed by atoms with Gasteiger partial charge >= 0.3 is 0 Å². The molecule has 3 aromatic rings. The van der Waals surface area contributed by atoms with Gasteiger partial charge in [-0.15, -0.1) is 0 Å². The molecule has 1 N–H and O–H groups in total. The first kappa shape index (κ1) is 17.4. The summed E-state index contributed by atoms with van der Waals surface area (Å²) in [6, 6.07) is 8.43. The van der Waals surface area contributed by atoms with Crippen LogP contribution in [0.1, 0.15) is 34.2 Å². The maximum Gasteiger partial charge on any atom is 0.258 e. The van der Waals surface area contributed by atoms with E-state index < -0.39 is 11.7 Å². The monoisotopic (exact) mass is 364 g/mol. The van der Waals surface area contributed by atoms with Gasteiger partial charge in [0.2, 0.25) is 0 Å². The number of carbonyl (C=O) groups is 1. The Kier molecular flexibility index (Phi) is 4.26. The lowest BCUT2D eigenvalue weighted by Gasteiger charge is -2.17. The van der Waals surface area contributed by atoms with Gasteiger partial charge in [-0.2, -0.15) is 0 Å². The third kappa shape index (κ3) is 3.12. The lowest BCUT2D eigenvalue weighted by atomic mass is 10.1. The number of hydrogen-bond acceptors (Lipinski definition) is 4. The molecule has 0 saturated heterocycles. The van der Waals surface area contributed by atoms with E-state index in [1.807, 2.05) is 32.0 Å². The Bertz CT molecular complexity index is 1060. The van der Waals surface area contributed by atoms with Crippen LogP contribution in [0.4, 0.5) is 15.8 Å². The maximum atomic E-state index is 14.1. The van der Waals surface area contributed by atoms with Crippen LogP contribution in [-0.4, -0.2) is 29.0 Å². The number of aryl methyl sites for hydroxylation is 2. The second-order valence-corrected chi connectivity index (χ2v) is 6.84. The molecule has 2 heterocycles. The van der Waals surface area contributed by atoms with Gasteiger partial charge in [0.15, 0.2) is 0 Å². The van der Waals surface area contributed by atoms with Crippen molar-refractivity contribution in [2.24, 2.45) is 0 Å². The summed E-state index contributed by atoms with van der Waals surface area (Å²) in [5.41, 5.74) is 5.54. The highest BCUT2D eigenvalue weighted by molar-refractivity contribution is 6.11. The molecule has 27 heavy (non-hydrogen) atoms. The Morgan fingerprint density at radius 2 is 1.96 bits per heavy atom. The molecule has 138 valence electrons. The van der Waals surface area contributed by atoms with Crippen LogP contribution < -0.4 is 10.2 Å². The minimum atomic E-state index is -0.503. The first-order valence-corrected chi connectivity index (χ1v) is 9.10. The lowest BCUT2D eigenvalue weighted by Crippen LogP contribution is -2.19. The van der Waals surface area contributed by atoms with E-state index in [9.17, 15) is 9.18 Å². The van der Waals surface area contributed by atoms with Crippen molar-refractivity contribution in [3.63, 3.8) is 0 Å². The van der Waals surface area contributed by atoms with E-state index >= 15 is 0 Å². The summed E-state index contributed by atoms with van der Waals surface area (Å²) in [4.78, 5) is 24.0. The molecule has 1 amide bonds. The molecule has 5 nitrogen and oxygen atoms in total. The molecule has 0 fully saturated rings. The van der Waals surface area contributed by atoms with Gasteiger partial charge in [0.1, 0.15) is 11.3 Å². The average molecular weight is 364 g/mol. The first-order chi connectivity index (χ1) is 13.0. The molecule has 1 aliphatic heterocycles. The van der Waals surface area contributed by atoms with Gasteiger partial charge in [0.05, 0.1) is 22.5 Å². The molecule has 6 heteroatoms. The zero-order valence-electron chi connectivity index (χ0n) is 15.6. The minimum Gasteiger partial charge on any atom is -0.371 e. The van der Waals surface area contributed by atoms with Crippen molar-refractivity contribution in [1.82, 2.24) is 9.97 Å². The molecular formula is C21H21FN4O. The Morgan fingerprint density at radius 1 is 1.19 bits per heavy atom. The standard InChI is InChI=1S/C21H21FN4O/c1-4-26-8-7-14-5-6-16(11-19(14)26)25-21(27)17-9-15(22)10-18-20(17)24-13(3)12(2)23-18/h5-6,9-11H,4,7-8H2,1-3H3,(H,25,27). The second-order valence-electron chi connectivity index (χ2n) is 6.84. The molecule has 0 radical (unpaired) electrons. The van der Waals surface area contributed by atoms with Crippen LogP contribution in [0.3, 0.4) is 0 Å². The Labute approximate surface area is 157 Å². The predicted octanol–water partition coefficient (Wildman–Crippen LogP) is 4.02. The number of anilines is 2. The van der Waals surface area contributed by atoms with Crippen molar-refractivity contribution < 1.29 is 9.18 Å². The summed E-state index contributed by atoms with van der Waals surface area (Å²) in [5.74, 6) is -0.894. The molecular weight excluding hydrogens is 343 g/mol. The second kappa shape index (κ2) is 6.61. The van der Waals surface area contributed by atoms with Crippen molar-refractivity contribution in [2.45, 2.75) is 27.2 Å². The highest BCUT2D eigenvalue weighted by atomic mass is 19.1. The Morgan fingerprint density at radius 3 is 2.74 bits per heavy atom. The van der Waals surface area contributed by atoms with E-state index in [0.29, 0.717) is 16.7 Å². The van der Waals surface area contributed by atoms with E-state index in [4.69, 9.17) is 0 Å². The molecule has 4 rings (SSSR count). The fourth-order valence-electron chi connectivity index (χ4n) is 3.52. The number of fused-ring (bicyclic) bond motifs is 2. The van der Waals surface area contributed by atoms with Crippen LogP contribution in [0.2, 0.25) is 0 Å². The molecule has 0 spiro atoms. The van der Waals surface area contributed by atoms with E-state index in [1.54, 1.807) is 0 Å². The van der Waals surface area contributed by atoms with Crippen LogP contribution in [0.5, 0.6) is 0 Å². The van der Waals surface area contributed by atoms with Crippen molar-refractivity contribution in [3.05, 3.63) is 58.7 Å². The van der Waals surface area contributed by atoms with Crippen molar-refractivity contribution >= 4 is 28.3 Å². The van der Waals surface area contributed by atoms with E-state index in [-0.39, 0.29) is 5.56 Å². The number of aromatic nitrogens is 2. The largest absolute Gasteiger partial charge is 0.371 e.